The molecule has 2 saturated heterocycles. The molecule has 148 valence electrons. The first-order valence-electron chi connectivity index (χ1n) is 9.72. The molecule has 0 radical (unpaired) electrons. The minimum absolute atomic E-state index is 0. The number of hydrogen-bond donors (Lipinski definition) is 2. The van der Waals surface area contributed by atoms with E-state index < -0.39 is 0 Å². The number of halogens is 1. The van der Waals surface area contributed by atoms with Gasteiger partial charge >= 0.3 is 0 Å². The van der Waals surface area contributed by atoms with Gasteiger partial charge in [0.15, 0.2) is 0 Å². The molecule has 0 saturated carbocycles. The molecule has 4 rings (SSSR count). The SMILES string of the molecule is Cl.O=C(Nc1ccc(-c2ccccc2)cc1)[C@@H]1CCCN1C(=O)[C@@H]1CCCN1. The van der Waals surface area contributed by atoms with Crippen molar-refractivity contribution in [2.45, 2.75) is 37.8 Å². The first-order chi connectivity index (χ1) is 13.2. The number of carbonyl (C=O) groups is 2. The van der Waals surface area contributed by atoms with Crippen LogP contribution in [-0.4, -0.2) is 41.9 Å². The van der Waals surface area contributed by atoms with Gasteiger partial charge in [-0.2, -0.15) is 0 Å². The van der Waals surface area contributed by atoms with E-state index in [0.29, 0.717) is 6.54 Å². The quantitative estimate of drug-likeness (QED) is 0.827. The van der Waals surface area contributed by atoms with Crippen LogP contribution in [0.2, 0.25) is 0 Å². The van der Waals surface area contributed by atoms with Crippen LogP contribution in [0.15, 0.2) is 54.6 Å². The van der Waals surface area contributed by atoms with Crippen LogP contribution in [0.3, 0.4) is 0 Å². The summed E-state index contributed by atoms with van der Waals surface area (Å²) in [5, 5.41) is 6.23. The Hall–Kier alpha value is -2.37. The van der Waals surface area contributed by atoms with Gasteiger partial charge in [-0.1, -0.05) is 42.5 Å². The number of benzene rings is 2. The normalized spacial score (nSPS) is 21.2. The van der Waals surface area contributed by atoms with Gasteiger partial charge in [0, 0.05) is 12.2 Å². The highest BCUT2D eigenvalue weighted by Gasteiger charge is 2.37. The molecule has 2 atom stereocenters. The molecule has 2 fully saturated rings. The largest absolute Gasteiger partial charge is 0.329 e. The van der Waals surface area contributed by atoms with Crippen molar-refractivity contribution in [3.05, 3.63) is 54.6 Å². The third kappa shape index (κ3) is 4.37. The van der Waals surface area contributed by atoms with Crippen LogP contribution in [0.1, 0.15) is 25.7 Å². The number of anilines is 1. The van der Waals surface area contributed by atoms with Gasteiger partial charge in [0.2, 0.25) is 11.8 Å². The van der Waals surface area contributed by atoms with Crippen molar-refractivity contribution >= 4 is 29.9 Å². The average molecular weight is 400 g/mol. The minimum Gasteiger partial charge on any atom is -0.329 e. The summed E-state index contributed by atoms with van der Waals surface area (Å²) in [6.45, 7) is 1.55. The van der Waals surface area contributed by atoms with E-state index in [-0.39, 0.29) is 36.3 Å². The van der Waals surface area contributed by atoms with Crippen LogP contribution in [0.4, 0.5) is 5.69 Å². The molecule has 0 aliphatic carbocycles. The second kappa shape index (κ2) is 9.22. The molecule has 2 aliphatic rings. The fourth-order valence-corrected chi connectivity index (χ4v) is 4.00. The van der Waals surface area contributed by atoms with Gasteiger partial charge in [-0.3, -0.25) is 9.59 Å². The monoisotopic (exact) mass is 399 g/mol. The van der Waals surface area contributed by atoms with Crippen molar-refractivity contribution in [3.63, 3.8) is 0 Å². The van der Waals surface area contributed by atoms with E-state index in [1.54, 1.807) is 4.90 Å². The van der Waals surface area contributed by atoms with Crippen LogP contribution in [-0.2, 0) is 9.59 Å². The summed E-state index contributed by atoms with van der Waals surface area (Å²) in [6.07, 6.45) is 3.50. The van der Waals surface area contributed by atoms with E-state index in [1.165, 1.54) is 0 Å². The van der Waals surface area contributed by atoms with Crippen LogP contribution in [0.5, 0.6) is 0 Å². The Balaban J connectivity index is 0.00000225. The fraction of sp³-hybridized carbons (Fsp3) is 0.364. The van der Waals surface area contributed by atoms with Crippen molar-refractivity contribution in [3.8, 4) is 11.1 Å². The zero-order valence-electron chi connectivity index (χ0n) is 15.8. The molecule has 2 heterocycles. The molecular formula is C22H26ClN3O2. The van der Waals surface area contributed by atoms with Crippen molar-refractivity contribution in [1.29, 1.82) is 0 Å². The lowest BCUT2D eigenvalue weighted by Gasteiger charge is -2.26. The number of amides is 2. The second-order valence-electron chi connectivity index (χ2n) is 7.27. The zero-order valence-corrected chi connectivity index (χ0v) is 16.6. The van der Waals surface area contributed by atoms with Gasteiger partial charge in [0.25, 0.3) is 0 Å². The summed E-state index contributed by atoms with van der Waals surface area (Å²) in [7, 11) is 0. The molecular weight excluding hydrogens is 374 g/mol. The molecule has 5 nitrogen and oxygen atoms in total. The molecule has 2 aromatic carbocycles. The van der Waals surface area contributed by atoms with E-state index >= 15 is 0 Å². The zero-order chi connectivity index (χ0) is 18.6. The predicted octanol–water partition coefficient (Wildman–Crippen LogP) is 3.46. The summed E-state index contributed by atoms with van der Waals surface area (Å²) in [6, 6.07) is 17.5. The Labute approximate surface area is 171 Å². The summed E-state index contributed by atoms with van der Waals surface area (Å²) in [4.78, 5) is 27.2. The number of hydrogen-bond acceptors (Lipinski definition) is 3. The lowest BCUT2D eigenvalue weighted by Crippen LogP contribution is -2.49. The molecule has 0 aromatic heterocycles. The summed E-state index contributed by atoms with van der Waals surface area (Å²) >= 11 is 0. The van der Waals surface area contributed by atoms with Gasteiger partial charge in [-0.15, -0.1) is 12.4 Å². The van der Waals surface area contributed by atoms with Gasteiger partial charge < -0.3 is 15.5 Å². The van der Waals surface area contributed by atoms with Crippen molar-refractivity contribution in [2.75, 3.05) is 18.4 Å². The van der Waals surface area contributed by atoms with Crippen molar-refractivity contribution in [2.24, 2.45) is 0 Å². The molecule has 0 unspecified atom stereocenters. The second-order valence-corrected chi connectivity index (χ2v) is 7.27. The van der Waals surface area contributed by atoms with Crippen molar-refractivity contribution < 1.29 is 9.59 Å². The first-order valence-corrected chi connectivity index (χ1v) is 9.72. The Morgan fingerprint density at radius 2 is 1.64 bits per heavy atom. The van der Waals surface area contributed by atoms with Crippen LogP contribution < -0.4 is 10.6 Å². The van der Waals surface area contributed by atoms with Gasteiger partial charge in [0.1, 0.15) is 6.04 Å². The van der Waals surface area contributed by atoms with E-state index in [4.69, 9.17) is 0 Å². The standard InChI is InChI=1S/C22H25N3O2.ClH/c26-21(20-9-5-15-25(20)22(27)19-8-4-14-23-19)24-18-12-10-17(11-13-18)16-6-2-1-3-7-16;/h1-3,6-7,10-13,19-20,23H,4-5,8-9,14-15H2,(H,24,26);1H/t19-,20-;/m0./s1. The topological polar surface area (TPSA) is 61.4 Å². The lowest BCUT2D eigenvalue weighted by atomic mass is 10.1. The van der Waals surface area contributed by atoms with Gasteiger partial charge in [-0.25, -0.2) is 0 Å². The molecule has 2 aromatic rings. The number of likely N-dealkylation sites (tertiary alicyclic amines) is 1. The number of nitrogens with zero attached hydrogens (tertiary/aromatic N) is 1. The summed E-state index contributed by atoms with van der Waals surface area (Å²) in [5.41, 5.74) is 3.02. The van der Waals surface area contributed by atoms with E-state index in [9.17, 15) is 9.59 Å². The minimum atomic E-state index is -0.367. The van der Waals surface area contributed by atoms with Gasteiger partial charge in [-0.05, 0) is 55.5 Å². The third-order valence-corrected chi connectivity index (χ3v) is 5.46. The molecule has 2 aliphatic heterocycles. The Morgan fingerprint density at radius 3 is 2.32 bits per heavy atom. The Bertz CT molecular complexity index is 804. The molecule has 0 bridgehead atoms. The molecule has 0 spiro atoms. The number of rotatable bonds is 4. The Morgan fingerprint density at radius 1 is 0.929 bits per heavy atom. The van der Waals surface area contributed by atoms with E-state index in [2.05, 4.69) is 22.8 Å². The highest BCUT2D eigenvalue weighted by Crippen LogP contribution is 2.24. The van der Waals surface area contributed by atoms with Crippen LogP contribution in [0.25, 0.3) is 11.1 Å². The molecule has 6 heteroatoms. The van der Waals surface area contributed by atoms with Crippen LogP contribution in [0, 0.1) is 0 Å². The maximum absolute atomic E-state index is 12.8. The first kappa shape index (κ1) is 20.4. The molecule has 2 N–H and O–H groups in total. The van der Waals surface area contributed by atoms with Crippen molar-refractivity contribution in [1.82, 2.24) is 10.2 Å². The summed E-state index contributed by atoms with van der Waals surface area (Å²) < 4.78 is 0. The lowest BCUT2D eigenvalue weighted by molar-refractivity contribution is -0.138. The predicted molar refractivity (Wildman–Crippen MR) is 114 cm³/mol. The maximum atomic E-state index is 12.8. The molecule has 28 heavy (non-hydrogen) atoms. The number of nitrogens with one attached hydrogen (secondary N) is 2. The smallest absolute Gasteiger partial charge is 0.247 e. The maximum Gasteiger partial charge on any atom is 0.247 e. The number of carbonyl (C=O) groups excluding carboxylic acids is 2. The van der Waals surface area contributed by atoms with E-state index in [1.807, 2.05) is 42.5 Å². The van der Waals surface area contributed by atoms with Gasteiger partial charge in [0.05, 0.1) is 6.04 Å². The highest BCUT2D eigenvalue weighted by molar-refractivity contribution is 5.98. The fourth-order valence-electron chi connectivity index (χ4n) is 4.00. The highest BCUT2D eigenvalue weighted by atomic mass is 35.5. The average Bonchev–Trinajstić information content (AvgIpc) is 3.41. The summed E-state index contributed by atoms with van der Waals surface area (Å²) in [5.74, 6) is -0.0177. The van der Waals surface area contributed by atoms with Crippen LogP contribution >= 0.6 is 12.4 Å². The third-order valence-electron chi connectivity index (χ3n) is 5.46. The Kier molecular flexibility index (Phi) is 6.70. The molecule has 2 amide bonds. The van der Waals surface area contributed by atoms with E-state index in [0.717, 1.165) is 49.0 Å².